The lowest BCUT2D eigenvalue weighted by atomic mass is 10.2. The fraction of sp³-hybridized carbons (Fsp3) is 0.417. The molecule has 4 heteroatoms. The van der Waals surface area contributed by atoms with Crippen molar-refractivity contribution in [3.05, 3.63) is 34.9 Å². The summed E-state index contributed by atoms with van der Waals surface area (Å²) >= 11 is 7.49. The first kappa shape index (κ1) is 13.4. The molecule has 1 rings (SSSR count). The van der Waals surface area contributed by atoms with Gasteiger partial charge in [-0.25, -0.2) is 0 Å². The summed E-state index contributed by atoms with van der Waals surface area (Å²) in [5.74, 6) is 1.06. The second-order valence-electron chi connectivity index (χ2n) is 3.62. The minimum Gasteiger partial charge on any atom is -0.341 e. The van der Waals surface area contributed by atoms with Crippen molar-refractivity contribution in [1.82, 2.24) is 4.90 Å². The van der Waals surface area contributed by atoms with Gasteiger partial charge in [0.2, 0.25) is 5.91 Å². The van der Waals surface area contributed by atoms with E-state index in [-0.39, 0.29) is 5.91 Å². The molecule has 1 amide bonds. The van der Waals surface area contributed by atoms with Gasteiger partial charge in [-0.3, -0.25) is 4.79 Å². The first-order valence-electron chi connectivity index (χ1n) is 5.11. The summed E-state index contributed by atoms with van der Waals surface area (Å²) in [5.41, 5.74) is 1.10. The molecule has 0 fully saturated rings. The van der Waals surface area contributed by atoms with Crippen molar-refractivity contribution in [3.8, 4) is 0 Å². The molecular weight excluding hydrogens is 242 g/mol. The van der Waals surface area contributed by atoms with Crippen molar-refractivity contribution >= 4 is 29.3 Å². The summed E-state index contributed by atoms with van der Waals surface area (Å²) in [5, 5.41) is 0.722. The third kappa shape index (κ3) is 4.45. The van der Waals surface area contributed by atoms with Crippen LogP contribution >= 0.6 is 23.4 Å². The van der Waals surface area contributed by atoms with E-state index in [4.69, 9.17) is 11.6 Å². The zero-order valence-electron chi connectivity index (χ0n) is 9.57. The van der Waals surface area contributed by atoms with E-state index in [0.29, 0.717) is 13.0 Å². The van der Waals surface area contributed by atoms with Crippen molar-refractivity contribution in [2.75, 3.05) is 19.1 Å². The van der Waals surface area contributed by atoms with Gasteiger partial charge >= 0.3 is 0 Å². The van der Waals surface area contributed by atoms with Crippen LogP contribution in [0.25, 0.3) is 0 Å². The number of carbonyl (C=O) groups excluding carboxylic acids is 1. The van der Waals surface area contributed by atoms with Crippen molar-refractivity contribution in [2.24, 2.45) is 0 Å². The number of hydrogen-bond donors (Lipinski definition) is 0. The van der Waals surface area contributed by atoms with E-state index in [1.807, 2.05) is 37.6 Å². The van der Waals surface area contributed by atoms with Gasteiger partial charge in [0.15, 0.2) is 0 Å². The molecule has 0 unspecified atom stereocenters. The molecule has 0 aliphatic carbocycles. The lowest BCUT2D eigenvalue weighted by molar-refractivity contribution is -0.129. The minimum atomic E-state index is 0.185. The fourth-order valence-corrected chi connectivity index (χ4v) is 1.84. The molecule has 0 bridgehead atoms. The van der Waals surface area contributed by atoms with Crippen LogP contribution < -0.4 is 0 Å². The van der Waals surface area contributed by atoms with Gasteiger partial charge < -0.3 is 4.90 Å². The van der Waals surface area contributed by atoms with Crippen molar-refractivity contribution in [1.29, 1.82) is 0 Å². The lowest BCUT2D eigenvalue weighted by Gasteiger charge is -2.17. The van der Waals surface area contributed by atoms with Crippen LogP contribution in [0.1, 0.15) is 12.0 Å². The zero-order valence-corrected chi connectivity index (χ0v) is 11.1. The van der Waals surface area contributed by atoms with Gasteiger partial charge in [0.25, 0.3) is 0 Å². The minimum absolute atomic E-state index is 0.185. The summed E-state index contributed by atoms with van der Waals surface area (Å²) in [6, 6.07) is 7.58. The lowest BCUT2D eigenvalue weighted by Crippen LogP contribution is -2.26. The van der Waals surface area contributed by atoms with Crippen LogP contribution in [-0.4, -0.2) is 29.9 Å². The maximum atomic E-state index is 11.7. The van der Waals surface area contributed by atoms with Gasteiger partial charge in [-0.05, 0) is 24.0 Å². The van der Waals surface area contributed by atoms with E-state index < -0.39 is 0 Å². The fourth-order valence-electron chi connectivity index (χ4n) is 1.33. The molecule has 1 aromatic rings. The van der Waals surface area contributed by atoms with Gasteiger partial charge in [-0.1, -0.05) is 23.7 Å². The molecule has 0 saturated carbocycles. The Labute approximate surface area is 106 Å². The van der Waals surface area contributed by atoms with E-state index in [9.17, 15) is 4.79 Å². The van der Waals surface area contributed by atoms with Crippen LogP contribution in [0.15, 0.2) is 24.3 Å². The smallest absolute Gasteiger partial charge is 0.223 e. The van der Waals surface area contributed by atoms with E-state index in [2.05, 4.69) is 0 Å². The SMILES string of the molecule is CSCCC(=O)N(C)Cc1ccc(Cl)cc1. The van der Waals surface area contributed by atoms with Gasteiger partial charge in [0.05, 0.1) is 0 Å². The van der Waals surface area contributed by atoms with Crippen molar-refractivity contribution in [3.63, 3.8) is 0 Å². The molecule has 2 nitrogen and oxygen atoms in total. The van der Waals surface area contributed by atoms with E-state index in [1.54, 1.807) is 16.7 Å². The van der Waals surface area contributed by atoms with Crippen LogP contribution in [-0.2, 0) is 11.3 Å². The molecule has 0 spiro atoms. The molecule has 0 N–H and O–H groups in total. The van der Waals surface area contributed by atoms with Crippen LogP contribution in [0, 0.1) is 0 Å². The molecule has 0 aromatic heterocycles. The summed E-state index contributed by atoms with van der Waals surface area (Å²) < 4.78 is 0. The molecule has 16 heavy (non-hydrogen) atoms. The highest BCUT2D eigenvalue weighted by Crippen LogP contribution is 2.11. The van der Waals surface area contributed by atoms with Gasteiger partial charge in [-0.15, -0.1) is 0 Å². The number of halogens is 1. The Bertz CT molecular complexity index is 339. The van der Waals surface area contributed by atoms with Gasteiger partial charge in [0, 0.05) is 30.8 Å². The molecule has 1 aromatic carbocycles. The Morgan fingerprint density at radius 1 is 1.38 bits per heavy atom. The number of benzene rings is 1. The highest BCUT2D eigenvalue weighted by atomic mass is 35.5. The van der Waals surface area contributed by atoms with Gasteiger partial charge in [-0.2, -0.15) is 11.8 Å². The maximum absolute atomic E-state index is 11.7. The average molecular weight is 258 g/mol. The van der Waals surface area contributed by atoms with Gasteiger partial charge in [0.1, 0.15) is 0 Å². The Morgan fingerprint density at radius 2 is 2.00 bits per heavy atom. The summed E-state index contributed by atoms with van der Waals surface area (Å²) in [4.78, 5) is 13.4. The number of nitrogens with zero attached hydrogens (tertiary/aromatic N) is 1. The molecule has 0 aliphatic rings. The monoisotopic (exact) mass is 257 g/mol. The first-order valence-corrected chi connectivity index (χ1v) is 6.88. The topological polar surface area (TPSA) is 20.3 Å². The van der Waals surface area contributed by atoms with E-state index in [0.717, 1.165) is 16.3 Å². The zero-order chi connectivity index (χ0) is 12.0. The number of hydrogen-bond acceptors (Lipinski definition) is 2. The Hall–Kier alpha value is -0.670. The molecular formula is C12H16ClNOS. The number of carbonyl (C=O) groups is 1. The molecule has 0 heterocycles. The van der Waals surface area contributed by atoms with E-state index >= 15 is 0 Å². The molecule has 0 saturated heterocycles. The molecule has 0 atom stereocenters. The summed E-state index contributed by atoms with van der Waals surface area (Å²) in [7, 11) is 1.83. The normalized spacial score (nSPS) is 10.2. The Balaban J connectivity index is 2.47. The van der Waals surface area contributed by atoms with Crippen LogP contribution in [0.4, 0.5) is 0 Å². The van der Waals surface area contributed by atoms with Crippen LogP contribution in [0.2, 0.25) is 5.02 Å². The Morgan fingerprint density at radius 3 is 2.56 bits per heavy atom. The van der Waals surface area contributed by atoms with Crippen molar-refractivity contribution < 1.29 is 4.79 Å². The predicted octanol–water partition coefficient (Wildman–Crippen LogP) is 3.05. The second-order valence-corrected chi connectivity index (χ2v) is 5.04. The molecule has 0 aliphatic heterocycles. The number of thioether (sulfide) groups is 1. The summed E-state index contributed by atoms with van der Waals surface area (Å²) in [6.07, 6.45) is 2.61. The van der Waals surface area contributed by atoms with Crippen LogP contribution in [0.3, 0.4) is 0 Å². The van der Waals surface area contributed by atoms with E-state index in [1.165, 1.54) is 0 Å². The standard InChI is InChI=1S/C12H16ClNOS/c1-14(12(15)7-8-16-2)9-10-3-5-11(13)6-4-10/h3-6H,7-9H2,1-2H3. The maximum Gasteiger partial charge on any atom is 0.223 e. The third-order valence-corrected chi connectivity index (χ3v) is 3.14. The average Bonchev–Trinajstić information content (AvgIpc) is 2.29. The third-order valence-electron chi connectivity index (χ3n) is 2.28. The number of amides is 1. The van der Waals surface area contributed by atoms with Crippen LogP contribution in [0.5, 0.6) is 0 Å². The Kier molecular flexibility index (Phi) is 5.71. The second kappa shape index (κ2) is 6.81. The predicted molar refractivity (Wildman–Crippen MR) is 70.9 cm³/mol. The first-order chi connectivity index (χ1) is 7.63. The summed E-state index contributed by atoms with van der Waals surface area (Å²) in [6.45, 7) is 0.643. The number of rotatable bonds is 5. The highest BCUT2D eigenvalue weighted by Gasteiger charge is 2.08. The molecule has 88 valence electrons. The van der Waals surface area contributed by atoms with Crippen molar-refractivity contribution in [2.45, 2.75) is 13.0 Å². The largest absolute Gasteiger partial charge is 0.341 e. The quantitative estimate of drug-likeness (QED) is 0.808. The molecule has 0 radical (unpaired) electrons. The highest BCUT2D eigenvalue weighted by molar-refractivity contribution is 7.98.